The molecule has 0 fully saturated rings. The molecule has 17 heavy (non-hydrogen) atoms. The zero-order valence-corrected chi connectivity index (χ0v) is 10.3. The van der Waals surface area contributed by atoms with E-state index in [-0.39, 0.29) is 11.8 Å². The van der Waals surface area contributed by atoms with E-state index in [1.807, 2.05) is 51.1 Å². The molecule has 3 nitrogen and oxygen atoms in total. The number of fused-ring (bicyclic) bond motifs is 1. The normalized spacial score (nSPS) is 11.8. The number of nitrogens with zero attached hydrogens (tertiary/aromatic N) is 2. The summed E-state index contributed by atoms with van der Waals surface area (Å²) in [5, 5.41) is 20.2. The fraction of sp³-hybridized carbons (Fsp3) is 0.286. The van der Waals surface area contributed by atoms with Crippen LogP contribution in [0.1, 0.15) is 19.4 Å². The topological polar surface area (TPSA) is 45.0 Å². The van der Waals surface area contributed by atoms with Gasteiger partial charge in [0.1, 0.15) is 5.69 Å². The number of hydrogen-bond donors (Lipinski definition) is 1. The van der Waals surface area contributed by atoms with Gasteiger partial charge in [0.15, 0.2) is 5.75 Å². The van der Waals surface area contributed by atoms with Gasteiger partial charge >= 0.3 is 0 Å². The van der Waals surface area contributed by atoms with E-state index in [2.05, 4.69) is 10.2 Å². The summed E-state index contributed by atoms with van der Waals surface area (Å²) in [5.41, 5.74) is 1.50. The van der Waals surface area contributed by atoms with Gasteiger partial charge < -0.3 is 5.11 Å². The minimum absolute atomic E-state index is 0.125. The molecule has 0 heterocycles. The highest BCUT2D eigenvalue weighted by atomic mass is 16.3. The number of azo groups is 1. The van der Waals surface area contributed by atoms with E-state index in [4.69, 9.17) is 0 Å². The molecule has 0 unspecified atom stereocenters. The SMILES string of the molecule is Cc1cc2ccccc2c(O)c1N=NC(C)C. The number of phenolic OH excluding ortho intramolecular Hbond substituents is 1. The lowest BCUT2D eigenvalue weighted by atomic mass is 10.0. The van der Waals surface area contributed by atoms with Crippen molar-refractivity contribution in [2.45, 2.75) is 26.8 Å². The Morgan fingerprint density at radius 2 is 1.88 bits per heavy atom. The Bertz CT molecular complexity index is 574. The maximum atomic E-state index is 10.2. The van der Waals surface area contributed by atoms with Crippen LogP contribution in [0.15, 0.2) is 40.6 Å². The summed E-state index contributed by atoms with van der Waals surface area (Å²) in [4.78, 5) is 0. The van der Waals surface area contributed by atoms with E-state index >= 15 is 0 Å². The molecule has 2 aromatic rings. The van der Waals surface area contributed by atoms with Gasteiger partial charge in [-0.25, -0.2) is 0 Å². The van der Waals surface area contributed by atoms with E-state index < -0.39 is 0 Å². The molecule has 88 valence electrons. The Morgan fingerprint density at radius 3 is 2.59 bits per heavy atom. The minimum Gasteiger partial charge on any atom is -0.505 e. The highest BCUT2D eigenvalue weighted by Crippen LogP contribution is 2.37. The van der Waals surface area contributed by atoms with Crippen molar-refractivity contribution in [2.75, 3.05) is 0 Å². The Kier molecular flexibility index (Phi) is 3.09. The first kappa shape index (κ1) is 11.6. The van der Waals surface area contributed by atoms with Crippen LogP contribution in [0.5, 0.6) is 5.75 Å². The predicted octanol–water partition coefficient (Wildman–Crippen LogP) is 4.35. The van der Waals surface area contributed by atoms with Crippen molar-refractivity contribution in [2.24, 2.45) is 10.2 Å². The third-order valence-electron chi connectivity index (χ3n) is 2.57. The molecule has 0 aliphatic heterocycles. The van der Waals surface area contributed by atoms with Gasteiger partial charge in [-0.3, -0.25) is 0 Å². The molecule has 1 N–H and O–H groups in total. The number of rotatable bonds is 2. The first-order valence-corrected chi connectivity index (χ1v) is 5.71. The Hall–Kier alpha value is -1.90. The zero-order chi connectivity index (χ0) is 12.4. The number of aryl methyl sites for hydroxylation is 1. The molecular formula is C14H16N2O. The minimum atomic E-state index is 0.125. The van der Waals surface area contributed by atoms with Crippen molar-refractivity contribution in [3.8, 4) is 5.75 Å². The Morgan fingerprint density at radius 1 is 1.18 bits per heavy atom. The van der Waals surface area contributed by atoms with Gasteiger partial charge in [-0.05, 0) is 37.8 Å². The number of hydrogen-bond acceptors (Lipinski definition) is 3. The second-order valence-electron chi connectivity index (χ2n) is 4.42. The third-order valence-corrected chi connectivity index (χ3v) is 2.57. The third kappa shape index (κ3) is 2.28. The molecule has 0 atom stereocenters. The molecule has 0 spiro atoms. The van der Waals surface area contributed by atoms with Gasteiger partial charge in [0.25, 0.3) is 0 Å². The van der Waals surface area contributed by atoms with Gasteiger partial charge in [-0.15, -0.1) is 0 Å². The fourth-order valence-corrected chi connectivity index (χ4v) is 1.75. The van der Waals surface area contributed by atoms with Crippen molar-refractivity contribution >= 4 is 16.5 Å². The van der Waals surface area contributed by atoms with Crippen LogP contribution in [-0.4, -0.2) is 11.1 Å². The largest absolute Gasteiger partial charge is 0.505 e. The van der Waals surface area contributed by atoms with Crippen molar-refractivity contribution in [1.29, 1.82) is 0 Å². The Balaban J connectivity index is 2.63. The smallest absolute Gasteiger partial charge is 0.151 e. The molecular weight excluding hydrogens is 212 g/mol. The van der Waals surface area contributed by atoms with Crippen LogP contribution in [0.4, 0.5) is 5.69 Å². The lowest BCUT2D eigenvalue weighted by Gasteiger charge is -2.07. The standard InChI is InChI=1S/C14H16N2O/c1-9(2)15-16-13-10(3)8-11-6-4-5-7-12(11)14(13)17/h4-9,17H,1-3H3. The highest BCUT2D eigenvalue weighted by molar-refractivity contribution is 5.93. The number of phenols is 1. The van der Waals surface area contributed by atoms with Gasteiger partial charge in [0.2, 0.25) is 0 Å². The summed E-state index contributed by atoms with van der Waals surface area (Å²) in [6.07, 6.45) is 0. The van der Waals surface area contributed by atoms with Crippen LogP contribution in [0.2, 0.25) is 0 Å². The molecule has 0 saturated carbocycles. The zero-order valence-electron chi connectivity index (χ0n) is 10.3. The molecule has 0 amide bonds. The quantitative estimate of drug-likeness (QED) is 0.763. The van der Waals surface area contributed by atoms with Crippen molar-refractivity contribution < 1.29 is 5.11 Å². The molecule has 0 bridgehead atoms. The molecule has 0 aliphatic rings. The maximum Gasteiger partial charge on any atom is 0.151 e. The molecule has 2 rings (SSSR count). The van der Waals surface area contributed by atoms with E-state index in [0.717, 1.165) is 16.3 Å². The number of benzene rings is 2. The summed E-state index contributed by atoms with van der Waals surface area (Å²) in [6, 6.07) is 9.87. The summed E-state index contributed by atoms with van der Waals surface area (Å²) < 4.78 is 0. The molecule has 3 heteroatoms. The summed E-state index contributed by atoms with van der Waals surface area (Å²) in [5.74, 6) is 0.213. The fourth-order valence-electron chi connectivity index (χ4n) is 1.75. The van der Waals surface area contributed by atoms with Gasteiger partial charge in [0.05, 0.1) is 6.04 Å². The molecule has 0 aliphatic carbocycles. The van der Waals surface area contributed by atoms with E-state index in [1.54, 1.807) is 0 Å². The van der Waals surface area contributed by atoms with Crippen molar-refractivity contribution in [1.82, 2.24) is 0 Å². The summed E-state index contributed by atoms with van der Waals surface area (Å²) >= 11 is 0. The van der Waals surface area contributed by atoms with Crippen LogP contribution in [0.3, 0.4) is 0 Å². The first-order valence-electron chi connectivity index (χ1n) is 5.71. The van der Waals surface area contributed by atoms with E-state index in [9.17, 15) is 5.11 Å². The van der Waals surface area contributed by atoms with Crippen LogP contribution >= 0.6 is 0 Å². The maximum absolute atomic E-state index is 10.2. The Labute approximate surface area is 101 Å². The second kappa shape index (κ2) is 4.53. The van der Waals surface area contributed by atoms with Gasteiger partial charge in [0, 0.05) is 5.39 Å². The summed E-state index contributed by atoms with van der Waals surface area (Å²) in [6.45, 7) is 5.84. The van der Waals surface area contributed by atoms with E-state index in [0.29, 0.717) is 5.69 Å². The van der Waals surface area contributed by atoms with Crippen LogP contribution < -0.4 is 0 Å². The van der Waals surface area contributed by atoms with Gasteiger partial charge in [-0.2, -0.15) is 10.2 Å². The second-order valence-corrected chi connectivity index (χ2v) is 4.42. The van der Waals surface area contributed by atoms with Crippen LogP contribution in [0.25, 0.3) is 10.8 Å². The molecule has 0 saturated heterocycles. The average molecular weight is 228 g/mol. The first-order chi connectivity index (χ1) is 8.09. The predicted molar refractivity (Wildman–Crippen MR) is 70.0 cm³/mol. The highest BCUT2D eigenvalue weighted by Gasteiger charge is 2.09. The average Bonchev–Trinajstić information content (AvgIpc) is 2.28. The summed E-state index contributed by atoms with van der Waals surface area (Å²) in [7, 11) is 0. The van der Waals surface area contributed by atoms with Crippen molar-refractivity contribution in [3.63, 3.8) is 0 Å². The van der Waals surface area contributed by atoms with Gasteiger partial charge in [-0.1, -0.05) is 24.3 Å². The lowest BCUT2D eigenvalue weighted by molar-refractivity contribution is 0.482. The molecule has 2 aromatic carbocycles. The lowest BCUT2D eigenvalue weighted by Crippen LogP contribution is -1.85. The van der Waals surface area contributed by atoms with Crippen LogP contribution in [0, 0.1) is 6.92 Å². The van der Waals surface area contributed by atoms with Crippen molar-refractivity contribution in [3.05, 3.63) is 35.9 Å². The van der Waals surface area contributed by atoms with Crippen LogP contribution in [-0.2, 0) is 0 Å². The molecule has 0 aromatic heterocycles. The number of aromatic hydroxyl groups is 1. The monoisotopic (exact) mass is 228 g/mol. The molecule has 0 radical (unpaired) electrons. The van der Waals surface area contributed by atoms with E-state index in [1.165, 1.54) is 0 Å².